The first-order chi connectivity index (χ1) is 2.00. The Balaban J connectivity index is -0.0000000800. The molecular weight excluding hydrogens is 168 g/mol. The van der Waals surface area contributed by atoms with Gasteiger partial charge in [0.25, 0.3) is 0 Å². The van der Waals surface area contributed by atoms with Crippen molar-refractivity contribution in [2.75, 3.05) is 0 Å². The first-order valence-corrected chi connectivity index (χ1v) is 2.10. The van der Waals surface area contributed by atoms with Crippen molar-refractivity contribution in [1.29, 1.82) is 0 Å². The van der Waals surface area contributed by atoms with Crippen molar-refractivity contribution in [2.24, 2.45) is 0 Å². The summed E-state index contributed by atoms with van der Waals surface area (Å²) in [6.07, 6.45) is 0. The van der Waals surface area contributed by atoms with E-state index in [0.29, 0.717) is 0 Å². The molecule has 0 radical (unpaired) electrons. The van der Waals surface area contributed by atoms with Crippen LogP contribution in [-0.2, 0) is 29.9 Å². The average Bonchev–Trinajstić information content (AvgIpc) is 0.722. The zero-order valence-electron chi connectivity index (χ0n) is 2.83. The van der Waals surface area contributed by atoms with E-state index in [1.807, 2.05) is 0 Å². The second kappa shape index (κ2) is 5.23. The van der Waals surface area contributed by atoms with Crippen molar-refractivity contribution < 1.29 is 37.0 Å². The summed E-state index contributed by atoms with van der Waals surface area (Å²) in [6, 6.07) is 0. The molecule has 0 saturated carbocycles. The van der Waals surface area contributed by atoms with Gasteiger partial charge in [-0.15, -0.1) is 0 Å². The summed E-state index contributed by atoms with van der Waals surface area (Å²) in [5.74, 6) is 0. The van der Waals surface area contributed by atoms with Crippen molar-refractivity contribution in [3.05, 3.63) is 0 Å². The maximum Gasteiger partial charge on any atom is 0 e. The van der Waals surface area contributed by atoms with Gasteiger partial charge in [-0.05, 0) is 0 Å². The van der Waals surface area contributed by atoms with Gasteiger partial charge in [-0.25, -0.2) is 0 Å². The molecule has 7 heteroatoms. The molecule has 0 amide bonds. The van der Waals surface area contributed by atoms with E-state index in [0.717, 1.165) is 0 Å². The Labute approximate surface area is 66.2 Å². The summed E-state index contributed by atoms with van der Waals surface area (Å²) in [5, 5.41) is 0. The van der Waals surface area contributed by atoms with Crippen molar-refractivity contribution in [2.45, 2.75) is 0 Å². The van der Waals surface area contributed by atoms with E-state index in [-0.39, 0.29) is 38.3 Å². The van der Waals surface area contributed by atoms with Gasteiger partial charge in [0.15, 0.2) is 0 Å². The Morgan fingerprint density at radius 2 is 1.14 bits per heavy atom. The van der Waals surface area contributed by atoms with Gasteiger partial charge in [0.2, 0.25) is 0 Å². The normalized spacial score (nSPS) is 8.29. The van der Waals surface area contributed by atoms with E-state index < -0.39 is 10.4 Å². The van der Waals surface area contributed by atoms with Crippen LogP contribution in [0.5, 0.6) is 0 Å². The first kappa shape index (κ1) is 15.7. The molecule has 0 aliphatic carbocycles. The van der Waals surface area contributed by atoms with E-state index in [1.165, 1.54) is 0 Å². The molecule has 0 spiro atoms. The molecule has 0 rings (SSSR count). The molecule has 0 bridgehead atoms. The van der Waals surface area contributed by atoms with Gasteiger partial charge in [0.1, 0.15) is 0 Å². The molecule has 2 N–H and O–H groups in total. The van der Waals surface area contributed by atoms with E-state index in [2.05, 4.69) is 0 Å². The number of hydrogen-bond donors (Lipinski definition) is 2. The minimum absolute atomic E-state index is 0. The summed E-state index contributed by atoms with van der Waals surface area (Å²) in [7, 11) is -4.67. The average molecular weight is 171 g/mol. The Bertz CT molecular complexity index is 94.9. The fourth-order valence-corrected chi connectivity index (χ4v) is 0. The van der Waals surface area contributed by atoms with Crippen LogP contribution >= 0.6 is 0 Å². The molecule has 0 atom stereocenters. The monoisotopic (exact) mass is 170 g/mol. The molecule has 4 nitrogen and oxygen atoms in total. The fourth-order valence-electron chi connectivity index (χ4n) is 0. The van der Waals surface area contributed by atoms with Crippen LogP contribution in [0.3, 0.4) is 0 Å². The molecule has 0 heterocycles. The maximum absolute atomic E-state index is 8.74. The van der Waals surface area contributed by atoms with Crippen molar-refractivity contribution in [3.8, 4) is 0 Å². The van der Waals surface area contributed by atoms with Crippen LogP contribution in [0, 0.1) is 0 Å². The topological polar surface area (TPSA) is 74.6 Å². The predicted molar refractivity (Wildman–Crippen MR) is 21.3 cm³/mol. The van der Waals surface area contributed by atoms with E-state index >= 15 is 0 Å². The molecule has 0 aromatic heterocycles. The molecule has 0 aliphatic heterocycles. The summed E-state index contributed by atoms with van der Waals surface area (Å²) in [6.45, 7) is 0. The van der Waals surface area contributed by atoms with Crippen LogP contribution < -0.4 is 0 Å². The minimum Gasteiger partial charge on any atom is 0 e. The molecule has 36 valence electrons. The molecule has 0 fully saturated rings. The Morgan fingerprint density at radius 3 is 1.14 bits per heavy atom. The summed E-state index contributed by atoms with van der Waals surface area (Å²) < 4.78 is 31.6. The fraction of sp³-hybridized carbons (Fsp3) is 0. The van der Waals surface area contributed by atoms with Gasteiger partial charge in [0, 0.05) is 19.5 Å². The Hall–Kier alpha value is 1.09. The maximum atomic E-state index is 8.74. The number of hydrogen-bond acceptors (Lipinski definition) is 2. The molecule has 0 aromatic rings. The van der Waals surface area contributed by atoms with Crippen LogP contribution in [0.25, 0.3) is 0 Å². The molecule has 0 aliphatic rings. The molecule has 0 saturated heterocycles. The first-order valence-electron chi connectivity index (χ1n) is 0.698. The second-order valence-electron chi connectivity index (χ2n) is 0.448. The van der Waals surface area contributed by atoms with Crippen molar-refractivity contribution >= 4 is 29.3 Å². The van der Waals surface area contributed by atoms with E-state index in [9.17, 15) is 0 Å². The summed E-state index contributed by atoms with van der Waals surface area (Å²) in [5.41, 5.74) is 0. The third-order valence-electron chi connectivity index (χ3n) is 0. The zero-order valence-corrected chi connectivity index (χ0v) is 6.61. The van der Waals surface area contributed by atoms with Gasteiger partial charge in [-0.1, -0.05) is 0 Å². The Kier molecular flexibility index (Phi) is 11.7. The summed E-state index contributed by atoms with van der Waals surface area (Å²) in [4.78, 5) is 0. The zero-order chi connectivity index (χ0) is 4.50. The standard InChI is InChI=1S/Li.H2O4S.Zn.H/c;1-5(2,3)4;;/h;(H2,1,2,3,4);;. The largest absolute Gasteiger partial charge is 0 e. The van der Waals surface area contributed by atoms with Gasteiger partial charge in [-0.2, -0.15) is 8.42 Å². The molecular formula is H3LiO4SZn. The Morgan fingerprint density at radius 1 is 1.14 bits per heavy atom. The molecule has 7 heavy (non-hydrogen) atoms. The predicted octanol–water partition coefficient (Wildman–Crippen LogP) is -1.30. The van der Waals surface area contributed by atoms with E-state index in [4.69, 9.17) is 17.5 Å². The second-order valence-corrected chi connectivity index (χ2v) is 1.34. The third kappa shape index (κ3) is 154. The molecule has 0 unspecified atom stereocenters. The van der Waals surface area contributed by atoms with Crippen LogP contribution in [0.2, 0.25) is 0 Å². The van der Waals surface area contributed by atoms with Crippen molar-refractivity contribution in [1.82, 2.24) is 0 Å². The number of rotatable bonds is 0. The quantitative estimate of drug-likeness (QED) is 0.351. The van der Waals surface area contributed by atoms with Gasteiger partial charge < -0.3 is 0 Å². The molecule has 0 aromatic carbocycles. The van der Waals surface area contributed by atoms with Gasteiger partial charge in [-0.3, -0.25) is 9.11 Å². The van der Waals surface area contributed by atoms with Gasteiger partial charge >= 0.3 is 29.3 Å². The van der Waals surface area contributed by atoms with E-state index in [1.54, 1.807) is 0 Å². The van der Waals surface area contributed by atoms with Crippen LogP contribution in [0.15, 0.2) is 0 Å². The van der Waals surface area contributed by atoms with Crippen LogP contribution in [0.4, 0.5) is 0 Å². The van der Waals surface area contributed by atoms with Gasteiger partial charge in [0.05, 0.1) is 0 Å². The minimum atomic E-state index is -4.67. The van der Waals surface area contributed by atoms with Crippen LogP contribution in [-0.4, -0.2) is 36.4 Å². The van der Waals surface area contributed by atoms with Crippen LogP contribution in [0.1, 0.15) is 0 Å². The SMILES string of the molecule is O=S(=O)(O)O.[LiH].[Zn]. The smallest absolute Gasteiger partial charge is 0 e. The third-order valence-corrected chi connectivity index (χ3v) is 0. The van der Waals surface area contributed by atoms with Crippen molar-refractivity contribution in [3.63, 3.8) is 0 Å². The summed E-state index contributed by atoms with van der Waals surface area (Å²) >= 11 is 0.